The van der Waals surface area contributed by atoms with Crippen LogP contribution in [-0.2, 0) is 6.54 Å². The van der Waals surface area contributed by atoms with E-state index < -0.39 is 34.9 Å². The number of halogens is 2. The number of amides is 2. The minimum absolute atomic E-state index is 0.0677. The second-order valence-corrected chi connectivity index (χ2v) is 7.41. The van der Waals surface area contributed by atoms with Crippen molar-refractivity contribution in [2.45, 2.75) is 38.9 Å². The molecule has 2 aliphatic heterocycles. The number of aromatic nitrogens is 2. The summed E-state index contributed by atoms with van der Waals surface area (Å²) in [5, 5.41) is 14.7. The Morgan fingerprint density at radius 1 is 1.29 bits per heavy atom. The maximum atomic E-state index is 13.7. The number of carbonyl (C=O) groups excluding carboxylic acids is 2. The highest BCUT2D eigenvalue weighted by molar-refractivity contribution is 5.99. The van der Waals surface area contributed by atoms with Crippen molar-refractivity contribution in [1.82, 2.24) is 19.9 Å². The summed E-state index contributed by atoms with van der Waals surface area (Å²) in [4.78, 5) is 42.9. The smallest absolute Gasteiger partial charge is 0.278 e. The van der Waals surface area contributed by atoms with Crippen LogP contribution in [0.15, 0.2) is 23.1 Å². The monoisotopic (exact) mass is 433 g/mol. The molecule has 1 fully saturated rings. The molecule has 1 saturated heterocycles. The van der Waals surface area contributed by atoms with Crippen molar-refractivity contribution in [2.75, 3.05) is 18.1 Å². The van der Waals surface area contributed by atoms with Crippen LogP contribution in [0.25, 0.3) is 0 Å². The highest BCUT2D eigenvalue weighted by Gasteiger charge is 2.40. The van der Waals surface area contributed by atoms with Crippen molar-refractivity contribution in [3.8, 4) is 5.75 Å². The number of nitrogens with one attached hydrogen (secondary N) is 1. The quantitative estimate of drug-likeness (QED) is 0.699. The zero-order valence-corrected chi connectivity index (χ0v) is 16.8. The third-order valence-electron chi connectivity index (χ3n) is 5.62. The van der Waals surface area contributed by atoms with Crippen LogP contribution in [0.5, 0.6) is 5.75 Å². The van der Waals surface area contributed by atoms with Gasteiger partial charge in [-0.1, -0.05) is 0 Å². The van der Waals surface area contributed by atoms with Crippen LogP contribution in [0.1, 0.15) is 52.6 Å². The highest BCUT2D eigenvalue weighted by Crippen LogP contribution is 2.29. The average molecular weight is 433 g/mol. The molecule has 31 heavy (non-hydrogen) atoms. The fourth-order valence-electron chi connectivity index (χ4n) is 4.09. The van der Waals surface area contributed by atoms with E-state index in [1.165, 1.54) is 10.9 Å². The Morgan fingerprint density at radius 2 is 2.06 bits per heavy atom. The van der Waals surface area contributed by atoms with Crippen LogP contribution in [0, 0.1) is 11.9 Å². The number of pyridine rings is 2. The SMILES string of the molecule is CCN1C(=O)c2c(O)c(=O)c(C(=O)NCc3ccc(F)nc3F)cn2N2CCCC[C@@H]12. The van der Waals surface area contributed by atoms with Gasteiger partial charge in [0.15, 0.2) is 11.4 Å². The number of hydrogen-bond donors (Lipinski definition) is 2. The minimum Gasteiger partial charge on any atom is -0.502 e. The second kappa shape index (κ2) is 7.97. The first-order chi connectivity index (χ1) is 14.8. The molecule has 0 aliphatic carbocycles. The summed E-state index contributed by atoms with van der Waals surface area (Å²) in [6.45, 7) is 2.47. The van der Waals surface area contributed by atoms with Gasteiger partial charge in [0.05, 0.1) is 0 Å². The van der Waals surface area contributed by atoms with E-state index in [4.69, 9.17) is 0 Å². The van der Waals surface area contributed by atoms with Gasteiger partial charge in [-0.3, -0.25) is 24.1 Å². The van der Waals surface area contributed by atoms with Gasteiger partial charge in [-0.25, -0.2) is 0 Å². The Morgan fingerprint density at radius 3 is 2.77 bits per heavy atom. The van der Waals surface area contributed by atoms with Gasteiger partial charge in [0.25, 0.3) is 11.8 Å². The van der Waals surface area contributed by atoms with Crippen LogP contribution in [0.4, 0.5) is 8.78 Å². The molecule has 164 valence electrons. The number of hydrogen-bond acceptors (Lipinski definition) is 6. The Bertz CT molecular complexity index is 1120. The molecule has 0 spiro atoms. The van der Waals surface area contributed by atoms with Gasteiger partial charge in [-0.15, -0.1) is 0 Å². The van der Waals surface area contributed by atoms with E-state index >= 15 is 0 Å². The fourth-order valence-corrected chi connectivity index (χ4v) is 4.09. The minimum atomic E-state index is -1.08. The molecular weight excluding hydrogens is 412 g/mol. The summed E-state index contributed by atoms with van der Waals surface area (Å²) in [7, 11) is 0. The van der Waals surface area contributed by atoms with Crippen molar-refractivity contribution in [1.29, 1.82) is 0 Å². The summed E-state index contributed by atoms with van der Waals surface area (Å²) in [5.41, 5.74) is -1.64. The molecule has 1 atom stereocenters. The Balaban J connectivity index is 1.69. The van der Waals surface area contributed by atoms with Crippen molar-refractivity contribution in [2.24, 2.45) is 0 Å². The number of piperidine rings is 1. The number of carbonyl (C=O) groups is 2. The molecule has 0 bridgehead atoms. The highest BCUT2D eigenvalue weighted by atomic mass is 19.1. The van der Waals surface area contributed by atoms with Gasteiger partial charge in [0.2, 0.25) is 17.3 Å². The van der Waals surface area contributed by atoms with Crippen molar-refractivity contribution < 1.29 is 23.5 Å². The lowest BCUT2D eigenvalue weighted by atomic mass is 10.1. The number of rotatable bonds is 4. The fraction of sp³-hybridized carbons (Fsp3) is 0.400. The van der Waals surface area contributed by atoms with Crippen LogP contribution < -0.4 is 15.8 Å². The molecule has 0 unspecified atom stereocenters. The molecule has 2 amide bonds. The van der Waals surface area contributed by atoms with Gasteiger partial charge < -0.3 is 15.3 Å². The van der Waals surface area contributed by atoms with Crippen LogP contribution in [0.3, 0.4) is 0 Å². The lowest BCUT2D eigenvalue weighted by Gasteiger charge is -2.48. The van der Waals surface area contributed by atoms with Crippen LogP contribution in [-0.4, -0.2) is 50.7 Å². The largest absolute Gasteiger partial charge is 0.502 e. The van der Waals surface area contributed by atoms with Crippen molar-refractivity contribution in [3.05, 3.63) is 57.3 Å². The first-order valence-electron chi connectivity index (χ1n) is 9.99. The average Bonchev–Trinajstić information content (AvgIpc) is 2.75. The Labute approximate surface area is 175 Å². The second-order valence-electron chi connectivity index (χ2n) is 7.41. The van der Waals surface area contributed by atoms with E-state index in [-0.39, 0.29) is 29.5 Å². The molecule has 4 rings (SSSR count). The lowest BCUT2D eigenvalue weighted by Crippen LogP contribution is -2.63. The molecule has 0 aromatic carbocycles. The van der Waals surface area contributed by atoms with Gasteiger partial charge in [-0.2, -0.15) is 13.8 Å². The Hall–Kier alpha value is -3.50. The van der Waals surface area contributed by atoms with Crippen molar-refractivity contribution >= 4 is 11.8 Å². The number of fused-ring (bicyclic) bond motifs is 3. The molecule has 2 N–H and O–H groups in total. The van der Waals surface area contributed by atoms with Gasteiger partial charge in [-0.05, 0) is 38.3 Å². The zero-order valence-electron chi connectivity index (χ0n) is 16.8. The standard InChI is InChI=1S/C20H21F2N5O4/c1-2-25-14-5-3-4-8-26(14)27-10-12(16(28)17(29)15(27)20(25)31)19(30)23-9-11-6-7-13(21)24-18(11)22/h6-7,10,14,29H,2-5,8-9H2,1H3,(H,23,30)/t14-/m0/s1. The first kappa shape index (κ1) is 20.8. The van der Waals surface area contributed by atoms with Crippen molar-refractivity contribution in [3.63, 3.8) is 0 Å². The molecular formula is C20H21F2N5O4. The summed E-state index contributed by atoms with van der Waals surface area (Å²) < 4.78 is 28.0. The van der Waals surface area contributed by atoms with Gasteiger partial charge in [0.1, 0.15) is 11.7 Å². The number of nitrogens with zero attached hydrogens (tertiary/aromatic N) is 4. The predicted molar refractivity (Wildman–Crippen MR) is 105 cm³/mol. The lowest BCUT2D eigenvalue weighted by molar-refractivity contribution is 0.0534. The van der Waals surface area contributed by atoms with E-state index in [2.05, 4.69) is 10.3 Å². The van der Waals surface area contributed by atoms with Crippen LogP contribution >= 0.6 is 0 Å². The summed E-state index contributed by atoms with van der Waals surface area (Å²) in [6, 6.07) is 2.08. The van der Waals surface area contributed by atoms with Gasteiger partial charge >= 0.3 is 0 Å². The molecule has 11 heteroatoms. The van der Waals surface area contributed by atoms with E-state index in [0.717, 1.165) is 31.4 Å². The molecule has 2 aromatic rings. The normalized spacial score (nSPS) is 17.9. The molecule has 4 heterocycles. The van der Waals surface area contributed by atoms with Gasteiger partial charge in [0, 0.05) is 31.4 Å². The summed E-state index contributed by atoms with van der Waals surface area (Å²) in [6.07, 6.45) is 3.50. The predicted octanol–water partition coefficient (Wildman–Crippen LogP) is 1.08. The van der Waals surface area contributed by atoms with Crippen LogP contribution in [0.2, 0.25) is 0 Å². The third-order valence-corrected chi connectivity index (χ3v) is 5.62. The molecule has 2 aliphatic rings. The first-order valence-corrected chi connectivity index (χ1v) is 9.99. The molecule has 0 radical (unpaired) electrons. The third kappa shape index (κ3) is 3.49. The van der Waals surface area contributed by atoms with E-state index in [1.807, 2.05) is 11.9 Å². The van der Waals surface area contributed by atoms with E-state index in [0.29, 0.717) is 13.1 Å². The zero-order chi connectivity index (χ0) is 22.3. The maximum Gasteiger partial charge on any atom is 0.278 e. The summed E-state index contributed by atoms with van der Waals surface area (Å²) in [5.74, 6) is -4.22. The van der Waals surface area contributed by atoms with E-state index in [1.54, 1.807) is 4.90 Å². The maximum absolute atomic E-state index is 13.7. The van der Waals surface area contributed by atoms with E-state index in [9.17, 15) is 28.3 Å². The number of aromatic hydroxyl groups is 1. The molecule has 9 nitrogen and oxygen atoms in total. The molecule has 2 aromatic heterocycles. The molecule has 0 saturated carbocycles. The summed E-state index contributed by atoms with van der Waals surface area (Å²) >= 11 is 0. The topological polar surface area (TPSA) is 108 Å². The Kier molecular flexibility index (Phi) is 5.34.